The van der Waals surface area contributed by atoms with Gasteiger partial charge in [0.1, 0.15) is 0 Å². The van der Waals surface area contributed by atoms with Crippen LogP contribution in [0.2, 0.25) is 0 Å². The van der Waals surface area contributed by atoms with E-state index in [1.807, 2.05) is 18.2 Å². The zero-order chi connectivity index (χ0) is 20.1. The van der Waals surface area contributed by atoms with E-state index in [0.29, 0.717) is 0 Å². The fraction of sp³-hybridized carbons (Fsp3) is 0.231. The van der Waals surface area contributed by atoms with Gasteiger partial charge in [-0.05, 0) is 73.7 Å². The average molecular weight is 401 g/mol. The van der Waals surface area contributed by atoms with Crippen LogP contribution in [0.1, 0.15) is 30.9 Å². The maximum Gasteiger partial charge on any atom is 0.231 e. The highest BCUT2D eigenvalue weighted by Gasteiger charge is 2.26. The molecule has 1 aliphatic heterocycles. The second-order valence-corrected chi connectivity index (χ2v) is 8.61. The molecule has 0 fully saturated rings. The molecule has 0 N–H and O–H groups in total. The van der Waals surface area contributed by atoms with Gasteiger partial charge in [0.25, 0.3) is 0 Å². The van der Waals surface area contributed by atoms with Gasteiger partial charge in [-0.3, -0.25) is 0 Å². The Bertz CT molecular complexity index is 1020. The van der Waals surface area contributed by atoms with Crippen LogP contribution in [0.5, 0.6) is 11.5 Å². The van der Waals surface area contributed by atoms with Crippen molar-refractivity contribution in [3.63, 3.8) is 0 Å². The lowest BCUT2D eigenvalue weighted by Crippen LogP contribution is -2.19. The summed E-state index contributed by atoms with van der Waals surface area (Å²) < 4.78 is 10.9. The van der Waals surface area contributed by atoms with E-state index in [1.54, 1.807) is 11.8 Å². The molecule has 1 heterocycles. The predicted octanol–water partition coefficient (Wildman–Crippen LogP) is 6.48. The molecule has 0 spiro atoms. The molecule has 146 valence electrons. The van der Waals surface area contributed by atoms with Crippen molar-refractivity contribution in [2.24, 2.45) is 0 Å². The fourth-order valence-corrected chi connectivity index (χ4v) is 4.50. The van der Waals surface area contributed by atoms with Crippen LogP contribution in [0.15, 0.2) is 82.6 Å². The summed E-state index contributed by atoms with van der Waals surface area (Å²) in [5.74, 6) is 4.59. The summed E-state index contributed by atoms with van der Waals surface area (Å²) in [6, 6.07) is 25.3. The molecule has 2 nitrogen and oxygen atoms in total. The van der Waals surface area contributed by atoms with E-state index in [9.17, 15) is 0 Å². The van der Waals surface area contributed by atoms with Gasteiger partial charge < -0.3 is 9.47 Å². The van der Waals surface area contributed by atoms with Crippen molar-refractivity contribution in [1.29, 1.82) is 0 Å². The van der Waals surface area contributed by atoms with E-state index in [4.69, 9.17) is 15.9 Å². The molecule has 3 aromatic carbocycles. The minimum Gasteiger partial charge on any atom is -0.454 e. The molecule has 1 aliphatic rings. The van der Waals surface area contributed by atoms with Gasteiger partial charge in [-0.25, -0.2) is 0 Å². The Morgan fingerprint density at radius 2 is 1.72 bits per heavy atom. The number of terminal acetylenes is 1. The normalized spacial score (nSPS) is 14.2. The van der Waals surface area contributed by atoms with Gasteiger partial charge in [-0.2, -0.15) is 0 Å². The van der Waals surface area contributed by atoms with Gasteiger partial charge in [0.05, 0.1) is 5.41 Å². The predicted molar refractivity (Wildman–Crippen MR) is 119 cm³/mol. The van der Waals surface area contributed by atoms with Crippen LogP contribution in [-0.4, -0.2) is 6.79 Å². The lowest BCUT2D eigenvalue weighted by atomic mass is 9.78. The Balaban J connectivity index is 1.40. The van der Waals surface area contributed by atoms with E-state index in [2.05, 4.69) is 67.4 Å². The van der Waals surface area contributed by atoms with Gasteiger partial charge in [-0.1, -0.05) is 54.1 Å². The van der Waals surface area contributed by atoms with Gasteiger partial charge in [0.15, 0.2) is 11.5 Å². The maximum absolute atomic E-state index is 5.95. The van der Waals surface area contributed by atoms with Gasteiger partial charge in [0, 0.05) is 9.79 Å². The molecule has 0 amide bonds. The number of rotatable bonds is 7. The largest absolute Gasteiger partial charge is 0.454 e. The SMILES string of the molecule is C#CC(C)(CCCc1cccc(Sc2ccccc2)c1)c1ccc2c(c1)OCO2. The van der Waals surface area contributed by atoms with E-state index in [0.717, 1.165) is 36.3 Å². The minimum atomic E-state index is -0.322. The molecule has 1 atom stereocenters. The molecule has 0 aliphatic carbocycles. The summed E-state index contributed by atoms with van der Waals surface area (Å²) >= 11 is 1.80. The lowest BCUT2D eigenvalue weighted by Gasteiger charge is -2.24. The van der Waals surface area contributed by atoms with Crippen molar-refractivity contribution in [1.82, 2.24) is 0 Å². The molecule has 4 rings (SSSR count). The molecule has 29 heavy (non-hydrogen) atoms. The summed E-state index contributed by atoms with van der Waals surface area (Å²) in [4.78, 5) is 2.52. The molecule has 3 heteroatoms. The molecule has 0 saturated carbocycles. The first-order valence-corrected chi connectivity index (χ1v) is 10.7. The Labute approximate surface area is 177 Å². The molecule has 0 bridgehead atoms. The third-order valence-corrected chi connectivity index (χ3v) is 6.35. The summed E-state index contributed by atoms with van der Waals surface area (Å²) in [6.07, 6.45) is 8.89. The zero-order valence-electron chi connectivity index (χ0n) is 16.6. The first-order chi connectivity index (χ1) is 14.2. The van der Waals surface area contributed by atoms with Crippen molar-refractivity contribution >= 4 is 11.8 Å². The van der Waals surface area contributed by atoms with E-state index in [-0.39, 0.29) is 12.2 Å². The Kier molecular flexibility index (Phi) is 5.83. The Hall–Kier alpha value is -2.83. The summed E-state index contributed by atoms with van der Waals surface area (Å²) in [7, 11) is 0. The first-order valence-electron chi connectivity index (χ1n) is 9.86. The topological polar surface area (TPSA) is 18.5 Å². The number of aryl methyl sites for hydroxylation is 1. The third kappa shape index (κ3) is 4.60. The van der Waals surface area contributed by atoms with Crippen molar-refractivity contribution in [3.05, 3.63) is 83.9 Å². The van der Waals surface area contributed by atoms with Crippen LogP contribution < -0.4 is 9.47 Å². The number of fused-ring (bicyclic) bond motifs is 1. The molecule has 3 aromatic rings. The van der Waals surface area contributed by atoms with Crippen LogP contribution in [0.3, 0.4) is 0 Å². The molecule has 0 aromatic heterocycles. The van der Waals surface area contributed by atoms with Gasteiger partial charge >= 0.3 is 0 Å². The molecule has 0 saturated heterocycles. The van der Waals surface area contributed by atoms with E-state index < -0.39 is 0 Å². The highest BCUT2D eigenvalue weighted by Crippen LogP contribution is 2.38. The monoisotopic (exact) mass is 400 g/mol. The van der Waals surface area contributed by atoms with Crippen molar-refractivity contribution in [3.8, 4) is 23.8 Å². The second-order valence-electron chi connectivity index (χ2n) is 7.46. The summed E-state index contributed by atoms with van der Waals surface area (Å²) in [5, 5.41) is 0. The summed E-state index contributed by atoms with van der Waals surface area (Å²) in [6.45, 7) is 2.41. The molecule has 1 unspecified atom stereocenters. The maximum atomic E-state index is 5.95. The second kappa shape index (κ2) is 8.68. The molecular formula is C26H24O2S. The van der Waals surface area contributed by atoms with Crippen molar-refractivity contribution < 1.29 is 9.47 Å². The standard InChI is InChI=1S/C26H24O2S/c1-3-26(2,21-14-15-24-25(18-21)28-19-27-24)16-8-10-20-9-7-13-23(17-20)29-22-11-5-4-6-12-22/h1,4-7,9,11-15,17-18H,8,10,16,19H2,2H3. The Morgan fingerprint density at radius 1 is 0.931 bits per heavy atom. The lowest BCUT2D eigenvalue weighted by molar-refractivity contribution is 0.174. The number of benzene rings is 3. The minimum absolute atomic E-state index is 0.281. The van der Waals surface area contributed by atoms with Crippen molar-refractivity contribution in [2.45, 2.75) is 41.4 Å². The number of ether oxygens (including phenoxy) is 2. The van der Waals surface area contributed by atoms with Crippen LogP contribution in [0.25, 0.3) is 0 Å². The highest BCUT2D eigenvalue weighted by atomic mass is 32.2. The van der Waals surface area contributed by atoms with Crippen LogP contribution >= 0.6 is 11.8 Å². The quantitative estimate of drug-likeness (QED) is 0.423. The van der Waals surface area contributed by atoms with E-state index in [1.165, 1.54) is 15.4 Å². The van der Waals surface area contributed by atoms with Gasteiger partial charge in [0.2, 0.25) is 6.79 Å². The Morgan fingerprint density at radius 3 is 2.55 bits per heavy atom. The first kappa shape index (κ1) is 19.5. The number of hydrogen-bond donors (Lipinski definition) is 0. The average Bonchev–Trinajstić information content (AvgIpc) is 3.22. The molecular weight excluding hydrogens is 376 g/mol. The van der Waals surface area contributed by atoms with Crippen molar-refractivity contribution in [2.75, 3.05) is 6.79 Å². The number of hydrogen-bond acceptors (Lipinski definition) is 3. The third-order valence-electron chi connectivity index (χ3n) is 5.35. The smallest absolute Gasteiger partial charge is 0.231 e. The highest BCUT2D eigenvalue weighted by molar-refractivity contribution is 7.99. The van der Waals surface area contributed by atoms with Gasteiger partial charge in [-0.15, -0.1) is 6.42 Å². The fourth-order valence-electron chi connectivity index (χ4n) is 3.57. The summed E-state index contributed by atoms with van der Waals surface area (Å²) in [5.41, 5.74) is 2.13. The zero-order valence-corrected chi connectivity index (χ0v) is 17.4. The van der Waals surface area contributed by atoms with Crippen LogP contribution in [0, 0.1) is 12.3 Å². The van der Waals surface area contributed by atoms with E-state index >= 15 is 0 Å². The molecule has 0 radical (unpaired) electrons. The van der Waals surface area contributed by atoms with Crippen LogP contribution in [0.4, 0.5) is 0 Å². The van der Waals surface area contributed by atoms with Crippen LogP contribution in [-0.2, 0) is 11.8 Å².